The third-order valence-electron chi connectivity index (χ3n) is 3.11. The Labute approximate surface area is 122 Å². The normalized spacial score (nSPS) is 24.4. The first-order valence-corrected chi connectivity index (χ1v) is 8.94. The zero-order valence-electron chi connectivity index (χ0n) is 11.1. The molecule has 1 amide bonds. The molecule has 0 bridgehead atoms. The second-order valence-electron chi connectivity index (χ2n) is 5.15. The van der Waals surface area contributed by atoms with Gasteiger partial charge in [0.1, 0.15) is 0 Å². The van der Waals surface area contributed by atoms with E-state index in [9.17, 15) is 13.2 Å². The Morgan fingerprint density at radius 3 is 2.95 bits per heavy atom. The van der Waals surface area contributed by atoms with Crippen molar-refractivity contribution in [3.8, 4) is 0 Å². The van der Waals surface area contributed by atoms with Gasteiger partial charge in [0, 0.05) is 11.1 Å². The van der Waals surface area contributed by atoms with Crippen LogP contribution in [0.3, 0.4) is 0 Å². The Kier molecular flexibility index (Phi) is 4.24. The lowest BCUT2D eigenvalue weighted by atomic mass is 10.0. The molecule has 6 nitrogen and oxygen atoms in total. The number of anilines is 1. The van der Waals surface area contributed by atoms with Crippen molar-refractivity contribution in [3.05, 3.63) is 18.5 Å². The lowest BCUT2D eigenvalue weighted by Crippen LogP contribution is -2.47. The van der Waals surface area contributed by atoms with Gasteiger partial charge in [-0.25, -0.2) is 8.42 Å². The van der Waals surface area contributed by atoms with Gasteiger partial charge in [0.15, 0.2) is 9.84 Å². The van der Waals surface area contributed by atoms with Gasteiger partial charge < -0.3 is 11.1 Å². The van der Waals surface area contributed by atoms with Gasteiger partial charge in [-0.1, -0.05) is 0 Å². The molecule has 0 radical (unpaired) electrons. The lowest BCUT2D eigenvalue weighted by molar-refractivity contribution is -0.120. The number of nitrogens with one attached hydrogen (secondary N) is 1. The van der Waals surface area contributed by atoms with Crippen LogP contribution >= 0.6 is 11.8 Å². The van der Waals surface area contributed by atoms with E-state index in [2.05, 4.69) is 10.3 Å². The molecule has 20 heavy (non-hydrogen) atoms. The minimum Gasteiger partial charge on any atom is -0.397 e. The zero-order valence-corrected chi connectivity index (χ0v) is 12.8. The van der Waals surface area contributed by atoms with Crippen LogP contribution < -0.4 is 11.1 Å². The second kappa shape index (κ2) is 5.61. The molecule has 1 aromatic heterocycles. The highest BCUT2D eigenvalue weighted by Gasteiger charge is 2.39. The van der Waals surface area contributed by atoms with Crippen LogP contribution in [0.5, 0.6) is 0 Å². The molecule has 1 aliphatic rings. The Bertz CT molecular complexity index is 618. The molecule has 0 aromatic carbocycles. The molecule has 1 aliphatic heterocycles. The fourth-order valence-electron chi connectivity index (χ4n) is 2.15. The maximum absolute atomic E-state index is 11.9. The molecule has 8 heteroatoms. The lowest BCUT2D eigenvalue weighted by Gasteiger charge is -2.23. The summed E-state index contributed by atoms with van der Waals surface area (Å²) in [5.41, 5.74) is 5.61. The summed E-state index contributed by atoms with van der Waals surface area (Å²) in [5.74, 6) is 0.150. The van der Waals surface area contributed by atoms with Crippen LogP contribution in [0.1, 0.15) is 13.3 Å². The Morgan fingerprint density at radius 2 is 2.35 bits per heavy atom. The van der Waals surface area contributed by atoms with E-state index in [1.807, 2.05) is 0 Å². The number of hydrogen-bond acceptors (Lipinski definition) is 6. The van der Waals surface area contributed by atoms with Gasteiger partial charge in [-0.15, -0.1) is 11.8 Å². The summed E-state index contributed by atoms with van der Waals surface area (Å²) < 4.78 is 22.9. The molecule has 3 N–H and O–H groups in total. The van der Waals surface area contributed by atoms with E-state index in [1.54, 1.807) is 19.2 Å². The molecule has 0 saturated carbocycles. The molecular formula is C12H17N3O3S2. The quantitative estimate of drug-likeness (QED) is 0.782. The van der Waals surface area contributed by atoms with Crippen LogP contribution in [0, 0.1) is 0 Å². The molecule has 1 aromatic rings. The number of rotatable bonds is 4. The molecular weight excluding hydrogens is 298 g/mol. The number of nitrogen functional groups attached to an aromatic ring is 1. The van der Waals surface area contributed by atoms with Crippen LogP contribution in [0.4, 0.5) is 5.69 Å². The van der Waals surface area contributed by atoms with Gasteiger partial charge in [-0.3, -0.25) is 9.78 Å². The van der Waals surface area contributed by atoms with Crippen molar-refractivity contribution in [1.29, 1.82) is 0 Å². The van der Waals surface area contributed by atoms with E-state index in [0.717, 1.165) is 4.90 Å². The Balaban J connectivity index is 1.89. The fraction of sp³-hybridized carbons (Fsp3) is 0.500. The highest BCUT2D eigenvalue weighted by Crippen LogP contribution is 2.25. The predicted molar refractivity (Wildman–Crippen MR) is 79.2 cm³/mol. The molecule has 2 heterocycles. The van der Waals surface area contributed by atoms with Crippen molar-refractivity contribution in [2.75, 3.05) is 23.0 Å². The average Bonchev–Trinajstić information content (AvgIpc) is 2.62. The maximum atomic E-state index is 11.9. The van der Waals surface area contributed by atoms with E-state index >= 15 is 0 Å². The highest BCUT2D eigenvalue weighted by atomic mass is 32.2. The van der Waals surface area contributed by atoms with E-state index in [0.29, 0.717) is 12.1 Å². The third-order valence-corrected chi connectivity index (χ3v) is 6.11. The third kappa shape index (κ3) is 3.86. The fourth-order valence-corrected chi connectivity index (χ4v) is 4.98. The van der Waals surface area contributed by atoms with E-state index in [1.165, 1.54) is 18.0 Å². The molecule has 0 aliphatic carbocycles. The summed E-state index contributed by atoms with van der Waals surface area (Å²) in [6.07, 6.45) is 3.61. The topological polar surface area (TPSA) is 102 Å². The standard InChI is InChI=1S/C12H17N3O3S2/c1-12(3-5-20(17,18)8-12)15-11(16)7-19-10-2-4-14-6-9(10)13/h2,4,6H,3,5,7-8,13H2,1H3,(H,15,16). The number of carbonyl (C=O) groups is 1. The SMILES string of the molecule is CC1(NC(=O)CSc2ccncc2N)CCS(=O)(=O)C1. The highest BCUT2D eigenvalue weighted by molar-refractivity contribution is 8.00. The monoisotopic (exact) mass is 315 g/mol. The maximum Gasteiger partial charge on any atom is 0.230 e. The Hall–Kier alpha value is -1.28. The minimum atomic E-state index is -3.02. The Morgan fingerprint density at radius 1 is 1.60 bits per heavy atom. The summed E-state index contributed by atoms with van der Waals surface area (Å²) in [7, 11) is -3.02. The largest absolute Gasteiger partial charge is 0.397 e. The van der Waals surface area contributed by atoms with Crippen molar-refractivity contribution >= 4 is 33.2 Å². The molecule has 2 rings (SSSR count). The molecule has 1 atom stereocenters. The number of sulfone groups is 1. The van der Waals surface area contributed by atoms with E-state index in [4.69, 9.17) is 5.73 Å². The number of carbonyl (C=O) groups excluding carboxylic acids is 1. The molecule has 1 unspecified atom stereocenters. The van der Waals surface area contributed by atoms with Crippen molar-refractivity contribution < 1.29 is 13.2 Å². The zero-order chi connectivity index (χ0) is 14.8. The minimum absolute atomic E-state index is 0.00774. The van der Waals surface area contributed by atoms with Crippen LogP contribution in [0.2, 0.25) is 0 Å². The van der Waals surface area contributed by atoms with E-state index < -0.39 is 15.4 Å². The smallest absolute Gasteiger partial charge is 0.230 e. The van der Waals surface area contributed by atoms with Crippen LogP contribution in [0.25, 0.3) is 0 Å². The number of pyridine rings is 1. The summed E-state index contributed by atoms with van der Waals surface area (Å²) in [5, 5.41) is 2.81. The van der Waals surface area contributed by atoms with Crippen LogP contribution in [0.15, 0.2) is 23.4 Å². The number of aromatic nitrogens is 1. The van der Waals surface area contributed by atoms with E-state index in [-0.39, 0.29) is 23.2 Å². The predicted octanol–water partition coefficient (Wildman–Crippen LogP) is 0.449. The molecule has 0 spiro atoms. The van der Waals surface area contributed by atoms with Gasteiger partial charge >= 0.3 is 0 Å². The molecule has 1 fully saturated rings. The summed E-state index contributed by atoms with van der Waals surface area (Å²) in [6.45, 7) is 1.76. The number of amides is 1. The molecule has 1 saturated heterocycles. The van der Waals surface area contributed by atoms with Gasteiger partial charge in [0.25, 0.3) is 0 Å². The second-order valence-corrected chi connectivity index (χ2v) is 8.35. The van der Waals surface area contributed by atoms with Crippen molar-refractivity contribution in [2.24, 2.45) is 0 Å². The summed E-state index contributed by atoms with van der Waals surface area (Å²) in [4.78, 5) is 16.6. The number of nitrogens with zero attached hydrogens (tertiary/aromatic N) is 1. The van der Waals surface area contributed by atoms with Gasteiger partial charge in [0.2, 0.25) is 5.91 Å². The summed E-state index contributed by atoms with van der Waals surface area (Å²) >= 11 is 1.31. The van der Waals surface area contributed by atoms with Gasteiger partial charge in [-0.2, -0.15) is 0 Å². The van der Waals surface area contributed by atoms with Crippen molar-refractivity contribution in [1.82, 2.24) is 10.3 Å². The number of thioether (sulfide) groups is 1. The summed E-state index contributed by atoms with van der Waals surface area (Å²) in [6, 6.07) is 1.75. The first kappa shape index (κ1) is 15.1. The van der Waals surface area contributed by atoms with Gasteiger partial charge in [-0.05, 0) is 19.4 Å². The van der Waals surface area contributed by atoms with Crippen molar-refractivity contribution in [2.45, 2.75) is 23.8 Å². The molecule has 110 valence electrons. The first-order chi connectivity index (χ1) is 9.30. The number of nitrogens with two attached hydrogens (primary N) is 1. The first-order valence-electron chi connectivity index (χ1n) is 6.13. The average molecular weight is 315 g/mol. The van der Waals surface area contributed by atoms with Crippen molar-refractivity contribution in [3.63, 3.8) is 0 Å². The van der Waals surface area contributed by atoms with Crippen LogP contribution in [-0.2, 0) is 14.6 Å². The number of hydrogen-bond donors (Lipinski definition) is 2. The van der Waals surface area contributed by atoms with Crippen LogP contribution in [-0.4, -0.2) is 42.1 Å². The van der Waals surface area contributed by atoms with Gasteiger partial charge in [0.05, 0.1) is 34.7 Å².